The monoisotopic (exact) mass is 389 g/mol. The molecule has 2 N–H and O–H groups in total. The maximum atomic E-state index is 13.0. The Balaban J connectivity index is 1.91. The molecule has 0 aliphatic heterocycles. The molecule has 2 aromatic heterocycles. The van der Waals surface area contributed by atoms with Gasteiger partial charge in [0.1, 0.15) is 4.88 Å². The first kappa shape index (κ1) is 19.2. The van der Waals surface area contributed by atoms with E-state index in [-0.39, 0.29) is 18.6 Å². The van der Waals surface area contributed by atoms with Gasteiger partial charge in [-0.3, -0.25) is 0 Å². The summed E-state index contributed by atoms with van der Waals surface area (Å²) in [4.78, 5) is -0.644. The molecule has 144 valence electrons. The van der Waals surface area contributed by atoms with Crippen LogP contribution in [0.4, 0.5) is 13.2 Å². The molecule has 1 aliphatic carbocycles. The highest BCUT2D eigenvalue weighted by Gasteiger charge is 2.34. The third-order valence-electron chi connectivity index (χ3n) is 4.66. The molecule has 2 aromatic rings. The van der Waals surface area contributed by atoms with Crippen LogP contribution in [0.2, 0.25) is 0 Å². The minimum Gasteiger partial charge on any atom is -0.396 e. The van der Waals surface area contributed by atoms with Crippen molar-refractivity contribution in [2.45, 2.75) is 50.9 Å². The van der Waals surface area contributed by atoms with Gasteiger partial charge in [0.2, 0.25) is 0 Å². The van der Waals surface area contributed by atoms with Crippen LogP contribution in [-0.2, 0) is 6.18 Å². The topological polar surface area (TPSA) is 75.9 Å². The third-order valence-corrected chi connectivity index (χ3v) is 5.65. The summed E-state index contributed by atoms with van der Waals surface area (Å²) in [5.41, 5.74) is 0.488. The lowest BCUT2D eigenvalue weighted by atomic mass is 10.1. The van der Waals surface area contributed by atoms with Gasteiger partial charge in [0.15, 0.2) is 5.82 Å². The van der Waals surface area contributed by atoms with Crippen LogP contribution in [0.1, 0.15) is 61.0 Å². The molecule has 0 amide bonds. The molecule has 0 aromatic carbocycles. The van der Waals surface area contributed by atoms with Crippen LogP contribution in [0.15, 0.2) is 11.4 Å². The number of aliphatic hydroxyl groups excluding tert-OH is 1. The summed E-state index contributed by atoms with van der Waals surface area (Å²) >= 11 is 0.668. The maximum Gasteiger partial charge on any atom is 0.425 e. The second-order valence-corrected chi connectivity index (χ2v) is 7.70. The Kier molecular flexibility index (Phi) is 5.93. The van der Waals surface area contributed by atoms with Crippen molar-refractivity contribution >= 4 is 11.3 Å². The number of alkyl halides is 3. The number of hydrogen-bond donors (Lipinski definition) is 2. The maximum absolute atomic E-state index is 13.0. The smallest absolute Gasteiger partial charge is 0.396 e. The quantitative estimate of drug-likeness (QED) is 0.761. The number of hydrogen-bond acceptors (Lipinski definition) is 6. The predicted molar refractivity (Wildman–Crippen MR) is 90.7 cm³/mol. The number of thiophene rings is 1. The SMILES string of the molecule is CC(CO)CNC(c1csc(C(F)(F)F)c1)c1nnnn1C1CCCC1. The van der Waals surface area contributed by atoms with Crippen LogP contribution in [-0.4, -0.2) is 38.5 Å². The number of nitrogens with one attached hydrogen (secondary N) is 1. The molecule has 0 spiro atoms. The molecule has 2 heterocycles. The van der Waals surface area contributed by atoms with E-state index in [1.54, 1.807) is 4.68 Å². The molecular formula is C16H22F3N5OS. The number of halogens is 3. The van der Waals surface area contributed by atoms with E-state index in [1.165, 1.54) is 5.38 Å². The fourth-order valence-corrected chi connectivity index (χ4v) is 4.00. The van der Waals surface area contributed by atoms with Gasteiger partial charge in [-0.2, -0.15) is 13.2 Å². The largest absolute Gasteiger partial charge is 0.425 e. The van der Waals surface area contributed by atoms with Gasteiger partial charge in [0.05, 0.1) is 12.1 Å². The number of rotatable bonds is 7. The number of nitrogens with zero attached hydrogens (tertiary/aromatic N) is 4. The lowest BCUT2D eigenvalue weighted by Crippen LogP contribution is -2.31. The van der Waals surface area contributed by atoms with Gasteiger partial charge >= 0.3 is 6.18 Å². The number of aliphatic hydroxyl groups is 1. The normalized spacial score (nSPS) is 18.3. The van der Waals surface area contributed by atoms with Crippen molar-refractivity contribution < 1.29 is 18.3 Å². The van der Waals surface area contributed by atoms with Gasteiger partial charge in [0.25, 0.3) is 0 Å². The van der Waals surface area contributed by atoms with Crippen LogP contribution < -0.4 is 5.32 Å². The van der Waals surface area contributed by atoms with Crippen LogP contribution in [0.3, 0.4) is 0 Å². The lowest BCUT2D eigenvalue weighted by Gasteiger charge is -2.21. The molecule has 0 saturated heterocycles. The first-order chi connectivity index (χ1) is 12.4. The summed E-state index contributed by atoms with van der Waals surface area (Å²) in [6.45, 7) is 2.29. The molecule has 6 nitrogen and oxygen atoms in total. The second-order valence-electron chi connectivity index (χ2n) is 6.79. The molecule has 10 heteroatoms. The van der Waals surface area contributed by atoms with Gasteiger partial charge in [-0.25, -0.2) is 4.68 Å². The summed E-state index contributed by atoms with van der Waals surface area (Å²) in [6, 6.07) is 0.784. The van der Waals surface area contributed by atoms with E-state index in [1.807, 2.05) is 6.92 Å². The van der Waals surface area contributed by atoms with Crippen molar-refractivity contribution in [2.24, 2.45) is 5.92 Å². The van der Waals surface area contributed by atoms with Crippen molar-refractivity contribution in [3.8, 4) is 0 Å². The minimum atomic E-state index is -4.37. The van der Waals surface area contributed by atoms with Crippen LogP contribution in [0.5, 0.6) is 0 Å². The van der Waals surface area contributed by atoms with Crippen molar-refractivity contribution in [3.05, 3.63) is 27.7 Å². The zero-order chi connectivity index (χ0) is 18.7. The van der Waals surface area contributed by atoms with E-state index in [4.69, 9.17) is 0 Å². The molecule has 1 saturated carbocycles. The van der Waals surface area contributed by atoms with Gasteiger partial charge in [-0.15, -0.1) is 16.4 Å². The van der Waals surface area contributed by atoms with Crippen molar-refractivity contribution in [2.75, 3.05) is 13.2 Å². The van der Waals surface area contributed by atoms with Crippen molar-refractivity contribution in [1.82, 2.24) is 25.5 Å². The Morgan fingerprint density at radius 2 is 2.12 bits per heavy atom. The summed E-state index contributed by atoms with van der Waals surface area (Å²) in [6.07, 6.45) is -0.242. The zero-order valence-corrected chi connectivity index (χ0v) is 15.2. The predicted octanol–water partition coefficient (Wildman–Crippen LogP) is 3.18. The lowest BCUT2D eigenvalue weighted by molar-refractivity contribution is -0.134. The van der Waals surface area contributed by atoms with E-state index in [0.29, 0.717) is 29.3 Å². The summed E-state index contributed by atoms with van der Waals surface area (Å²) < 4.78 is 40.8. The van der Waals surface area contributed by atoms with E-state index in [9.17, 15) is 18.3 Å². The third kappa shape index (κ3) is 4.24. The zero-order valence-electron chi connectivity index (χ0n) is 14.4. The Hall–Kier alpha value is -1.52. The highest BCUT2D eigenvalue weighted by atomic mass is 32.1. The molecule has 2 atom stereocenters. The van der Waals surface area contributed by atoms with Gasteiger partial charge in [-0.05, 0) is 46.2 Å². The Labute approximate surface area is 153 Å². The summed E-state index contributed by atoms with van der Waals surface area (Å²) in [7, 11) is 0. The average molecular weight is 389 g/mol. The fourth-order valence-electron chi connectivity index (χ4n) is 3.19. The second kappa shape index (κ2) is 8.01. The van der Waals surface area contributed by atoms with Crippen molar-refractivity contribution in [1.29, 1.82) is 0 Å². The highest BCUT2D eigenvalue weighted by molar-refractivity contribution is 7.10. The van der Waals surface area contributed by atoms with E-state index in [2.05, 4.69) is 20.8 Å². The van der Waals surface area contributed by atoms with E-state index >= 15 is 0 Å². The first-order valence-corrected chi connectivity index (χ1v) is 9.55. The Morgan fingerprint density at radius 3 is 2.73 bits per heavy atom. The van der Waals surface area contributed by atoms with E-state index < -0.39 is 17.1 Å². The standard InChI is InChI=1S/C16H22F3N5OS/c1-10(8-25)7-20-14(11-6-13(26-9-11)16(17,18)19)15-21-22-23-24(15)12-4-2-3-5-12/h6,9-10,12,14,20,25H,2-5,7-8H2,1H3. The van der Waals surface area contributed by atoms with Crippen molar-refractivity contribution in [3.63, 3.8) is 0 Å². The molecule has 3 rings (SSSR count). The Morgan fingerprint density at radius 1 is 1.38 bits per heavy atom. The minimum absolute atomic E-state index is 0.00920. The van der Waals surface area contributed by atoms with E-state index in [0.717, 1.165) is 31.7 Å². The van der Waals surface area contributed by atoms with Crippen LogP contribution in [0, 0.1) is 5.92 Å². The summed E-state index contributed by atoms with van der Waals surface area (Å²) in [5.74, 6) is 0.489. The number of aromatic nitrogens is 4. The van der Waals surface area contributed by atoms with Gasteiger partial charge in [-0.1, -0.05) is 19.8 Å². The molecule has 1 aliphatic rings. The Bertz CT molecular complexity index is 711. The molecule has 0 radical (unpaired) electrons. The number of tetrazole rings is 1. The molecule has 0 bridgehead atoms. The first-order valence-electron chi connectivity index (χ1n) is 8.67. The highest BCUT2D eigenvalue weighted by Crippen LogP contribution is 2.37. The van der Waals surface area contributed by atoms with Crippen LogP contribution in [0.25, 0.3) is 0 Å². The average Bonchev–Trinajstić information content (AvgIpc) is 3.34. The molecule has 26 heavy (non-hydrogen) atoms. The molecule has 1 fully saturated rings. The summed E-state index contributed by atoms with van der Waals surface area (Å²) in [5, 5.41) is 26.0. The fraction of sp³-hybridized carbons (Fsp3) is 0.688. The molecule has 2 unspecified atom stereocenters. The van der Waals surface area contributed by atoms with Gasteiger partial charge in [0, 0.05) is 13.2 Å². The van der Waals surface area contributed by atoms with Crippen LogP contribution >= 0.6 is 11.3 Å². The van der Waals surface area contributed by atoms with Gasteiger partial charge < -0.3 is 10.4 Å². The molecular weight excluding hydrogens is 367 g/mol.